The Labute approximate surface area is 130 Å². The van der Waals surface area contributed by atoms with Crippen LogP contribution < -0.4 is 4.74 Å². The van der Waals surface area contributed by atoms with Gasteiger partial charge in [-0.05, 0) is 42.4 Å². The molecule has 0 saturated carbocycles. The first kappa shape index (κ1) is 18.0. The van der Waals surface area contributed by atoms with Gasteiger partial charge in [0.1, 0.15) is 5.75 Å². The molecule has 5 heteroatoms. The van der Waals surface area contributed by atoms with Crippen LogP contribution in [0.3, 0.4) is 0 Å². The number of carboxylic acid groups (broad SMARTS) is 2. The van der Waals surface area contributed by atoms with Gasteiger partial charge < -0.3 is 14.9 Å². The van der Waals surface area contributed by atoms with Crippen LogP contribution in [-0.4, -0.2) is 28.8 Å². The first-order valence-corrected chi connectivity index (χ1v) is 7.44. The number of hydrogen-bond donors (Lipinski definition) is 2. The van der Waals surface area contributed by atoms with Gasteiger partial charge in [-0.15, -0.1) is 0 Å². The molecule has 0 radical (unpaired) electrons. The van der Waals surface area contributed by atoms with E-state index in [0.717, 1.165) is 12.0 Å². The highest BCUT2D eigenvalue weighted by Gasteiger charge is 2.24. The van der Waals surface area contributed by atoms with E-state index in [2.05, 4.69) is 13.8 Å². The van der Waals surface area contributed by atoms with Crippen LogP contribution in [0.15, 0.2) is 24.3 Å². The van der Waals surface area contributed by atoms with Crippen molar-refractivity contribution < 1.29 is 24.5 Å². The third-order valence-corrected chi connectivity index (χ3v) is 3.96. The van der Waals surface area contributed by atoms with Crippen LogP contribution in [0.4, 0.5) is 0 Å². The maximum Gasteiger partial charge on any atom is 0.341 e. The Morgan fingerprint density at radius 3 is 2.23 bits per heavy atom. The van der Waals surface area contributed by atoms with Crippen LogP contribution in [-0.2, 0) is 15.0 Å². The molecule has 1 aromatic rings. The van der Waals surface area contributed by atoms with Crippen molar-refractivity contribution in [1.82, 2.24) is 0 Å². The summed E-state index contributed by atoms with van der Waals surface area (Å²) in [6.07, 6.45) is 2.04. The van der Waals surface area contributed by atoms with E-state index in [0.29, 0.717) is 18.6 Å². The molecule has 0 aliphatic carbocycles. The quantitative estimate of drug-likeness (QED) is 0.731. The molecule has 0 aliphatic rings. The lowest BCUT2D eigenvalue weighted by atomic mass is 9.78. The minimum absolute atomic E-state index is 0.145. The number of carbonyl (C=O) groups is 2. The van der Waals surface area contributed by atoms with Crippen LogP contribution in [0.2, 0.25) is 0 Å². The Morgan fingerprint density at radius 1 is 1.18 bits per heavy atom. The molecule has 0 heterocycles. The Bertz CT molecular complexity index is 504. The largest absolute Gasteiger partial charge is 0.482 e. The zero-order chi connectivity index (χ0) is 16.8. The molecule has 0 fully saturated rings. The summed E-state index contributed by atoms with van der Waals surface area (Å²) in [7, 11) is 0. The zero-order valence-electron chi connectivity index (χ0n) is 13.3. The summed E-state index contributed by atoms with van der Waals surface area (Å²) in [6.45, 7) is 5.68. The minimum atomic E-state index is -1.01. The Kier molecular flexibility index (Phi) is 6.40. The number of aliphatic carboxylic acids is 2. The number of carboxylic acids is 2. The fourth-order valence-electron chi connectivity index (χ4n) is 2.33. The van der Waals surface area contributed by atoms with Crippen LogP contribution in [0.25, 0.3) is 0 Å². The second kappa shape index (κ2) is 7.82. The van der Waals surface area contributed by atoms with Crippen molar-refractivity contribution >= 4 is 11.9 Å². The van der Waals surface area contributed by atoms with Crippen molar-refractivity contribution in [2.24, 2.45) is 5.92 Å². The Balaban J connectivity index is 2.68. The highest BCUT2D eigenvalue weighted by atomic mass is 16.5. The van der Waals surface area contributed by atoms with Crippen molar-refractivity contribution in [2.45, 2.75) is 45.4 Å². The second-order valence-electron chi connectivity index (χ2n) is 6.07. The van der Waals surface area contributed by atoms with Gasteiger partial charge in [0.05, 0.1) is 5.92 Å². The topological polar surface area (TPSA) is 83.8 Å². The summed E-state index contributed by atoms with van der Waals surface area (Å²) in [5.41, 5.74) is 0.934. The molecule has 0 amide bonds. The molecule has 0 spiro atoms. The zero-order valence-corrected chi connectivity index (χ0v) is 13.3. The number of ether oxygens (including phenoxy) is 1. The van der Waals surface area contributed by atoms with Crippen LogP contribution in [0, 0.1) is 5.92 Å². The first-order chi connectivity index (χ1) is 10.3. The van der Waals surface area contributed by atoms with Gasteiger partial charge in [-0.3, -0.25) is 4.79 Å². The summed E-state index contributed by atoms with van der Waals surface area (Å²) in [4.78, 5) is 21.5. The number of hydrogen-bond acceptors (Lipinski definition) is 3. The fraction of sp³-hybridized carbons (Fsp3) is 0.529. The molecule has 1 unspecified atom stereocenters. The summed E-state index contributed by atoms with van der Waals surface area (Å²) in [6, 6.07) is 7.29. The SMILES string of the molecule is CCC(CCC(C)(C)c1ccc(OCC(=O)O)cc1)C(=O)O. The smallest absolute Gasteiger partial charge is 0.341 e. The summed E-state index contributed by atoms with van der Waals surface area (Å²) >= 11 is 0. The Morgan fingerprint density at radius 2 is 1.77 bits per heavy atom. The van der Waals surface area contributed by atoms with Crippen molar-refractivity contribution in [3.8, 4) is 5.75 Å². The van der Waals surface area contributed by atoms with Crippen LogP contribution in [0.1, 0.15) is 45.6 Å². The van der Waals surface area contributed by atoms with Crippen molar-refractivity contribution in [3.63, 3.8) is 0 Å². The van der Waals surface area contributed by atoms with Gasteiger partial charge in [0, 0.05) is 0 Å². The van der Waals surface area contributed by atoms with Crippen molar-refractivity contribution in [2.75, 3.05) is 6.61 Å². The molecule has 0 aliphatic heterocycles. The van der Waals surface area contributed by atoms with Gasteiger partial charge in [0.2, 0.25) is 0 Å². The molecule has 2 N–H and O–H groups in total. The third-order valence-electron chi connectivity index (χ3n) is 3.96. The van der Waals surface area contributed by atoms with E-state index < -0.39 is 11.9 Å². The summed E-state index contributed by atoms with van der Waals surface area (Å²) < 4.78 is 5.10. The average molecular weight is 308 g/mol. The molecular weight excluding hydrogens is 284 g/mol. The first-order valence-electron chi connectivity index (χ1n) is 7.44. The van der Waals surface area contributed by atoms with E-state index in [9.17, 15) is 9.59 Å². The predicted molar refractivity (Wildman–Crippen MR) is 83.2 cm³/mol. The highest BCUT2D eigenvalue weighted by Crippen LogP contribution is 2.31. The van der Waals surface area contributed by atoms with Gasteiger partial charge in [-0.2, -0.15) is 0 Å². The Hall–Kier alpha value is -2.04. The molecule has 122 valence electrons. The lowest BCUT2D eigenvalue weighted by Gasteiger charge is -2.27. The van der Waals surface area contributed by atoms with Gasteiger partial charge >= 0.3 is 11.9 Å². The molecule has 22 heavy (non-hydrogen) atoms. The number of rotatable bonds is 9. The lowest BCUT2D eigenvalue weighted by Crippen LogP contribution is -2.21. The lowest BCUT2D eigenvalue weighted by molar-refractivity contribution is -0.142. The average Bonchev–Trinajstić information content (AvgIpc) is 2.45. The van der Waals surface area contributed by atoms with Crippen LogP contribution in [0.5, 0.6) is 5.75 Å². The predicted octanol–water partition coefficient (Wildman–Crippen LogP) is 3.32. The maximum absolute atomic E-state index is 11.1. The van der Waals surface area contributed by atoms with Crippen LogP contribution >= 0.6 is 0 Å². The normalized spacial score (nSPS) is 12.7. The molecule has 1 atom stereocenters. The molecule has 0 aromatic heterocycles. The molecule has 0 bridgehead atoms. The van der Waals surface area contributed by atoms with Gasteiger partial charge in [-0.1, -0.05) is 32.9 Å². The minimum Gasteiger partial charge on any atom is -0.482 e. The van der Waals surface area contributed by atoms with E-state index in [4.69, 9.17) is 14.9 Å². The van der Waals surface area contributed by atoms with E-state index in [1.54, 1.807) is 12.1 Å². The second-order valence-corrected chi connectivity index (χ2v) is 6.07. The van der Waals surface area contributed by atoms with Gasteiger partial charge in [0.15, 0.2) is 6.61 Å². The van der Waals surface area contributed by atoms with E-state index in [1.165, 1.54) is 0 Å². The van der Waals surface area contributed by atoms with Crippen molar-refractivity contribution in [1.29, 1.82) is 0 Å². The standard InChI is InChI=1S/C17H24O5/c1-4-12(16(20)21)9-10-17(2,3)13-5-7-14(8-6-13)22-11-15(18)19/h5-8,12H,4,9-11H2,1-3H3,(H,18,19)(H,20,21). The fourth-order valence-corrected chi connectivity index (χ4v) is 2.33. The van der Waals surface area contributed by atoms with Gasteiger partial charge in [-0.25, -0.2) is 4.79 Å². The summed E-state index contributed by atoms with van der Waals surface area (Å²) in [5.74, 6) is -1.55. The van der Waals surface area contributed by atoms with E-state index in [-0.39, 0.29) is 17.9 Å². The molecule has 5 nitrogen and oxygen atoms in total. The number of benzene rings is 1. The van der Waals surface area contributed by atoms with E-state index in [1.807, 2.05) is 19.1 Å². The van der Waals surface area contributed by atoms with E-state index >= 15 is 0 Å². The highest BCUT2D eigenvalue weighted by molar-refractivity contribution is 5.69. The molecule has 1 aromatic carbocycles. The molecule has 0 saturated heterocycles. The van der Waals surface area contributed by atoms with Gasteiger partial charge in [0.25, 0.3) is 0 Å². The summed E-state index contributed by atoms with van der Waals surface area (Å²) in [5, 5.41) is 17.7. The molecule has 1 rings (SSSR count). The molecular formula is C17H24O5. The maximum atomic E-state index is 11.1. The monoisotopic (exact) mass is 308 g/mol. The van der Waals surface area contributed by atoms with Crippen molar-refractivity contribution in [3.05, 3.63) is 29.8 Å². The third kappa shape index (κ3) is 5.39.